The number of rotatable bonds is 2. The second-order valence-electron chi connectivity index (χ2n) is 7.20. The predicted octanol–water partition coefficient (Wildman–Crippen LogP) is 5.92. The van der Waals surface area contributed by atoms with Gasteiger partial charge in [0.1, 0.15) is 0 Å². The van der Waals surface area contributed by atoms with Crippen LogP contribution in [0.5, 0.6) is 0 Å². The zero-order valence-electron chi connectivity index (χ0n) is 18.4. The van der Waals surface area contributed by atoms with Gasteiger partial charge < -0.3 is 10.1 Å². The third-order valence-electron chi connectivity index (χ3n) is 4.83. The van der Waals surface area contributed by atoms with Gasteiger partial charge in [-0.25, -0.2) is 0 Å². The number of hydrogen-bond donors (Lipinski definition) is 0. The van der Waals surface area contributed by atoms with Gasteiger partial charge in [0.2, 0.25) is 0 Å². The van der Waals surface area contributed by atoms with Crippen molar-refractivity contribution in [1.82, 2.24) is 4.98 Å². The van der Waals surface area contributed by atoms with Crippen LogP contribution in [-0.4, -0.2) is 10.9 Å². The molecule has 0 aliphatic heterocycles. The fourth-order valence-corrected chi connectivity index (χ4v) is 3.16. The smallest absolute Gasteiger partial charge is 0.625 e. The second-order valence-corrected chi connectivity index (χ2v) is 7.20. The quantitative estimate of drug-likeness (QED) is 0.304. The first-order valence-corrected chi connectivity index (χ1v) is 10.3. The van der Waals surface area contributed by atoms with Crippen molar-refractivity contribution in [2.75, 3.05) is 0 Å². The van der Waals surface area contributed by atoms with Crippen molar-refractivity contribution in [3.8, 4) is 11.8 Å². The number of carbonyl (C=O) groups is 1. The normalized spacial score (nSPS) is 15.2. The molecule has 0 atom stereocenters. The van der Waals surface area contributed by atoms with Crippen molar-refractivity contribution in [1.29, 1.82) is 0 Å². The molecule has 10 radical (unpaired) electrons. The summed E-state index contributed by atoms with van der Waals surface area (Å²) >= 11 is 0. The molecule has 2 aliphatic carbocycles. The topological polar surface area (TPSA) is 44.1 Å². The number of fused-ring (bicyclic) bond motifs is 1. The van der Waals surface area contributed by atoms with E-state index in [-0.39, 0.29) is 40.0 Å². The van der Waals surface area contributed by atoms with E-state index in [1.807, 2.05) is 100 Å². The van der Waals surface area contributed by atoms with E-state index >= 15 is 0 Å². The molecule has 3 aromatic rings. The number of pyridine rings is 1. The van der Waals surface area contributed by atoms with E-state index in [0.717, 1.165) is 10.9 Å². The maximum Gasteiger partial charge on any atom is 1.00 e. The van der Waals surface area contributed by atoms with Crippen LogP contribution >= 0.6 is 0 Å². The summed E-state index contributed by atoms with van der Waals surface area (Å²) in [5, 5.41) is 5.24. The van der Waals surface area contributed by atoms with Gasteiger partial charge in [-0.3, -0.25) is 4.98 Å². The summed E-state index contributed by atoms with van der Waals surface area (Å²) in [5.41, 5.74) is 3.38. The molecule has 1 heterocycles. The Kier molecular flexibility index (Phi) is 11.9. The van der Waals surface area contributed by atoms with Crippen molar-refractivity contribution in [2.24, 2.45) is 0 Å². The Morgan fingerprint density at radius 1 is 0.824 bits per heavy atom. The molecule has 5 heteroatoms. The molecular weight excluding hydrogens is 512 g/mol. The number of amides is 1. The van der Waals surface area contributed by atoms with Gasteiger partial charge in [-0.2, -0.15) is 0 Å². The minimum atomic E-state index is -0.314. The molecule has 2 saturated carbocycles. The molecule has 2 fully saturated rings. The molecule has 0 N–H and O–H groups in total. The Morgan fingerprint density at radius 2 is 1.50 bits per heavy atom. The Morgan fingerprint density at radius 3 is 2.21 bits per heavy atom. The predicted molar refractivity (Wildman–Crippen MR) is 129 cm³/mol. The van der Waals surface area contributed by atoms with Crippen molar-refractivity contribution < 1.29 is 38.9 Å². The Bertz CT molecular complexity index is 1100. The largest absolute Gasteiger partial charge is 1.00 e. The van der Waals surface area contributed by atoms with Crippen molar-refractivity contribution in [3.63, 3.8) is 0 Å². The average molecular weight is 533 g/mol. The zero-order valence-corrected chi connectivity index (χ0v) is 20.4. The maximum atomic E-state index is 12.7. The van der Waals surface area contributed by atoms with Crippen LogP contribution in [-0.2, 0) is 38.9 Å². The van der Waals surface area contributed by atoms with E-state index in [1.165, 1.54) is 5.56 Å². The number of nitrogens with zero attached hydrogens (tertiary/aromatic N) is 2. The second kappa shape index (κ2) is 14.3. The van der Waals surface area contributed by atoms with Crippen LogP contribution in [0.4, 0.5) is 5.69 Å². The van der Waals surface area contributed by atoms with Crippen molar-refractivity contribution in [2.45, 2.75) is 6.92 Å². The van der Waals surface area contributed by atoms with Gasteiger partial charge in [-0.05, 0) is 81.9 Å². The SMILES string of the molecule is Cc1ccc(C#C[C]2[CH][CH][CH][C]2C(=O)[N-]c2cccc3cccnc23)cc1.[CH]1[CH][CH][CH][CH]1.[Cu+].[Fe]. The molecule has 2 aliphatic rings. The van der Waals surface area contributed by atoms with E-state index < -0.39 is 0 Å². The number of para-hydroxylation sites is 1. The number of hydrogen-bond acceptors (Lipinski definition) is 2. The summed E-state index contributed by atoms with van der Waals surface area (Å²) in [4.78, 5) is 17.1. The molecule has 2 aromatic carbocycles. The minimum absolute atomic E-state index is 0. The fourth-order valence-electron chi connectivity index (χ4n) is 3.16. The monoisotopic (exact) mass is 532 g/mol. The summed E-state index contributed by atoms with van der Waals surface area (Å²) in [6.45, 7) is 2.04. The van der Waals surface area contributed by atoms with E-state index in [1.54, 1.807) is 18.7 Å². The summed E-state index contributed by atoms with van der Waals surface area (Å²) < 4.78 is 0. The summed E-state index contributed by atoms with van der Waals surface area (Å²) in [5.74, 6) is 7.06. The molecular formula is C29H21CuFeN2O. The van der Waals surface area contributed by atoms with Crippen LogP contribution in [0, 0.1) is 82.0 Å². The van der Waals surface area contributed by atoms with Gasteiger partial charge in [-0.15, -0.1) is 5.69 Å². The van der Waals surface area contributed by atoms with Gasteiger partial charge in [0.05, 0.1) is 17.3 Å². The van der Waals surface area contributed by atoms with Crippen LogP contribution in [0.1, 0.15) is 11.1 Å². The van der Waals surface area contributed by atoms with E-state index in [2.05, 4.69) is 22.1 Å². The van der Waals surface area contributed by atoms with Gasteiger partial charge in [0.25, 0.3) is 0 Å². The molecule has 0 spiro atoms. The van der Waals surface area contributed by atoms with Gasteiger partial charge in [-0.1, -0.05) is 53.8 Å². The molecule has 0 unspecified atom stereocenters. The molecule has 1 aromatic heterocycles. The maximum absolute atomic E-state index is 12.7. The fraction of sp³-hybridized carbons (Fsp3) is 0.0345. The number of aromatic nitrogens is 1. The van der Waals surface area contributed by atoms with Gasteiger partial charge in [0.15, 0.2) is 0 Å². The van der Waals surface area contributed by atoms with Crippen LogP contribution < -0.4 is 0 Å². The first-order chi connectivity index (χ1) is 15.7. The Balaban J connectivity index is 0.000000520. The molecule has 5 rings (SSSR count). The van der Waals surface area contributed by atoms with Gasteiger partial charge in [0, 0.05) is 34.7 Å². The molecule has 34 heavy (non-hydrogen) atoms. The molecule has 3 nitrogen and oxygen atoms in total. The first kappa shape index (κ1) is 28.2. The van der Waals surface area contributed by atoms with E-state index in [0.29, 0.717) is 23.0 Å². The number of carbonyl (C=O) groups excluding carboxylic acids is 1. The van der Waals surface area contributed by atoms with E-state index in [9.17, 15) is 4.79 Å². The molecule has 0 saturated heterocycles. The van der Waals surface area contributed by atoms with E-state index in [4.69, 9.17) is 0 Å². The summed E-state index contributed by atoms with van der Waals surface area (Å²) in [6, 6.07) is 17.4. The Labute approximate surface area is 224 Å². The molecule has 172 valence electrons. The molecule has 0 bridgehead atoms. The Hall–Kier alpha value is -2.08. The van der Waals surface area contributed by atoms with Crippen molar-refractivity contribution >= 4 is 22.5 Å². The summed E-state index contributed by atoms with van der Waals surface area (Å²) in [7, 11) is 0. The zero-order chi connectivity index (χ0) is 22.2. The van der Waals surface area contributed by atoms with Crippen LogP contribution in [0.3, 0.4) is 0 Å². The van der Waals surface area contributed by atoms with Crippen LogP contribution in [0.25, 0.3) is 16.2 Å². The molecule has 1 amide bonds. The first-order valence-electron chi connectivity index (χ1n) is 10.3. The standard InChI is InChI=1S/C24H17N2O.C5H5.Cu.Fe/c1-17-10-12-18(13-11-17)14-15-19-5-2-8-21(19)24(27)26-22-9-3-6-20-7-4-16-25-23(20)22;1-2-4-5-3-1;;/h2-13,16H,1H3,(H,26,27);1-5H;;/q;;+1;/p-1. The third-order valence-corrected chi connectivity index (χ3v) is 4.83. The summed E-state index contributed by atoms with van der Waals surface area (Å²) in [6.07, 6.45) is 17.1. The van der Waals surface area contributed by atoms with Crippen LogP contribution in [0.15, 0.2) is 60.8 Å². The minimum Gasteiger partial charge on any atom is -0.625 e. The average Bonchev–Trinajstić information content (AvgIpc) is 3.54. The van der Waals surface area contributed by atoms with Crippen molar-refractivity contribution in [3.05, 3.63) is 140 Å². The van der Waals surface area contributed by atoms with Gasteiger partial charge >= 0.3 is 17.1 Å². The third kappa shape index (κ3) is 7.72. The number of benzene rings is 2. The number of aryl methyl sites for hydroxylation is 1. The van der Waals surface area contributed by atoms with Crippen LogP contribution in [0.2, 0.25) is 0 Å².